The summed E-state index contributed by atoms with van der Waals surface area (Å²) in [5.74, 6) is 1.20. The second-order valence-corrected chi connectivity index (χ2v) is 6.18. The van der Waals surface area contributed by atoms with Gasteiger partial charge in [-0.15, -0.1) is 0 Å². The van der Waals surface area contributed by atoms with Crippen LogP contribution in [-0.2, 0) is 0 Å². The van der Waals surface area contributed by atoms with Crippen LogP contribution in [0.5, 0.6) is 0 Å². The maximum absolute atomic E-state index is 12.6. The molecular formula is C18H20N8O. The summed E-state index contributed by atoms with van der Waals surface area (Å²) in [6.45, 7) is 3.10. The summed E-state index contributed by atoms with van der Waals surface area (Å²) < 4.78 is 0. The van der Waals surface area contributed by atoms with Crippen LogP contribution in [0.4, 0.5) is 23.1 Å². The molecule has 0 aliphatic carbocycles. The summed E-state index contributed by atoms with van der Waals surface area (Å²) >= 11 is 0. The first-order chi connectivity index (χ1) is 13.2. The average Bonchev–Trinajstić information content (AvgIpc) is 3.25. The van der Waals surface area contributed by atoms with Gasteiger partial charge in [-0.3, -0.25) is 9.69 Å². The maximum Gasteiger partial charge on any atom is 0.253 e. The van der Waals surface area contributed by atoms with E-state index in [0.29, 0.717) is 23.0 Å². The highest BCUT2D eigenvalue weighted by Crippen LogP contribution is 2.30. The number of amides is 1. The summed E-state index contributed by atoms with van der Waals surface area (Å²) in [4.78, 5) is 24.9. The largest absolute Gasteiger partial charge is 0.397 e. The number of nitrogen functional groups attached to an aromatic ring is 1. The Morgan fingerprint density at radius 3 is 2.48 bits per heavy atom. The van der Waals surface area contributed by atoms with E-state index in [0.717, 1.165) is 31.9 Å². The first kappa shape index (κ1) is 17.0. The van der Waals surface area contributed by atoms with Crippen LogP contribution in [0.1, 0.15) is 10.4 Å². The monoisotopic (exact) mass is 364 g/mol. The lowest BCUT2D eigenvalue weighted by molar-refractivity contribution is 0.0736. The molecule has 1 fully saturated rings. The number of carbonyl (C=O) groups excluding carboxylic acids is 1. The molecule has 3 aromatic rings. The van der Waals surface area contributed by atoms with Crippen molar-refractivity contribution in [3.8, 4) is 0 Å². The molecule has 1 saturated heterocycles. The number of benzene rings is 1. The Labute approximate surface area is 156 Å². The van der Waals surface area contributed by atoms with Crippen molar-refractivity contribution in [2.45, 2.75) is 0 Å². The fourth-order valence-corrected chi connectivity index (χ4v) is 3.00. The van der Waals surface area contributed by atoms with Crippen LogP contribution in [0.15, 0.2) is 48.9 Å². The van der Waals surface area contributed by atoms with E-state index < -0.39 is 0 Å². The molecule has 0 atom stereocenters. The molecule has 2 aromatic heterocycles. The van der Waals surface area contributed by atoms with Crippen LogP contribution in [0.2, 0.25) is 0 Å². The van der Waals surface area contributed by atoms with Crippen molar-refractivity contribution in [2.24, 2.45) is 0 Å². The SMILES string of the molecule is Nc1ccc(N(c2ccc(C(=O)N3CCNCC3)cc2)c2ncn[nH]2)nc1. The summed E-state index contributed by atoms with van der Waals surface area (Å²) in [7, 11) is 0. The van der Waals surface area contributed by atoms with Crippen LogP contribution in [0, 0.1) is 0 Å². The molecule has 4 rings (SSSR count). The van der Waals surface area contributed by atoms with Gasteiger partial charge in [-0.25, -0.2) is 10.1 Å². The number of rotatable bonds is 4. The third-order valence-corrected chi connectivity index (χ3v) is 4.39. The second kappa shape index (κ2) is 7.42. The molecule has 9 heteroatoms. The fourth-order valence-electron chi connectivity index (χ4n) is 3.00. The minimum atomic E-state index is 0.0416. The van der Waals surface area contributed by atoms with Gasteiger partial charge in [-0.05, 0) is 36.4 Å². The van der Waals surface area contributed by atoms with Gasteiger partial charge in [0, 0.05) is 31.7 Å². The molecule has 3 heterocycles. The first-order valence-electron chi connectivity index (χ1n) is 8.69. The molecule has 138 valence electrons. The number of nitrogens with two attached hydrogens (primary N) is 1. The predicted octanol–water partition coefficient (Wildman–Crippen LogP) is 1.30. The number of aromatic nitrogens is 4. The minimum absolute atomic E-state index is 0.0416. The van der Waals surface area contributed by atoms with Crippen LogP contribution >= 0.6 is 0 Å². The summed E-state index contributed by atoms with van der Waals surface area (Å²) in [6.07, 6.45) is 3.02. The lowest BCUT2D eigenvalue weighted by atomic mass is 10.1. The van der Waals surface area contributed by atoms with E-state index in [1.54, 1.807) is 18.3 Å². The van der Waals surface area contributed by atoms with E-state index in [1.807, 2.05) is 34.1 Å². The molecule has 1 amide bonds. The predicted molar refractivity (Wildman–Crippen MR) is 102 cm³/mol. The number of carbonyl (C=O) groups is 1. The number of nitrogens with zero attached hydrogens (tertiary/aromatic N) is 5. The summed E-state index contributed by atoms with van der Waals surface area (Å²) in [6, 6.07) is 11.0. The number of hydrogen-bond donors (Lipinski definition) is 3. The van der Waals surface area contributed by atoms with Crippen LogP contribution in [0.25, 0.3) is 0 Å². The van der Waals surface area contributed by atoms with Gasteiger partial charge < -0.3 is 16.0 Å². The highest BCUT2D eigenvalue weighted by atomic mass is 16.2. The van der Waals surface area contributed by atoms with Crippen LogP contribution in [-0.4, -0.2) is 57.2 Å². The summed E-state index contributed by atoms with van der Waals surface area (Å²) in [5.41, 5.74) is 7.78. The lowest BCUT2D eigenvalue weighted by Crippen LogP contribution is -2.46. The Morgan fingerprint density at radius 2 is 1.85 bits per heavy atom. The van der Waals surface area contributed by atoms with Crippen molar-refractivity contribution < 1.29 is 4.79 Å². The van der Waals surface area contributed by atoms with E-state index in [1.165, 1.54) is 6.33 Å². The molecule has 9 nitrogen and oxygen atoms in total. The molecule has 0 spiro atoms. The van der Waals surface area contributed by atoms with Crippen molar-refractivity contribution >= 4 is 29.0 Å². The Morgan fingerprint density at radius 1 is 1.07 bits per heavy atom. The molecule has 1 aromatic carbocycles. The lowest BCUT2D eigenvalue weighted by Gasteiger charge is -2.27. The molecule has 0 unspecified atom stereocenters. The van der Waals surface area contributed by atoms with E-state index in [9.17, 15) is 4.79 Å². The first-order valence-corrected chi connectivity index (χ1v) is 8.69. The molecule has 1 aliphatic heterocycles. The van der Waals surface area contributed by atoms with Gasteiger partial charge in [-0.1, -0.05) is 0 Å². The Kier molecular flexibility index (Phi) is 4.67. The zero-order chi connectivity index (χ0) is 18.6. The van der Waals surface area contributed by atoms with Gasteiger partial charge in [0.1, 0.15) is 12.1 Å². The highest BCUT2D eigenvalue weighted by Gasteiger charge is 2.20. The molecule has 0 radical (unpaired) electrons. The Bertz CT molecular complexity index is 886. The number of piperazine rings is 1. The number of aromatic amines is 1. The van der Waals surface area contributed by atoms with Crippen LogP contribution in [0.3, 0.4) is 0 Å². The fraction of sp³-hybridized carbons (Fsp3) is 0.222. The van der Waals surface area contributed by atoms with Crippen molar-refractivity contribution in [3.05, 3.63) is 54.5 Å². The van der Waals surface area contributed by atoms with Crippen molar-refractivity contribution in [3.63, 3.8) is 0 Å². The quantitative estimate of drug-likeness (QED) is 0.639. The molecular weight excluding hydrogens is 344 g/mol. The number of hydrogen-bond acceptors (Lipinski definition) is 7. The molecule has 0 bridgehead atoms. The van der Waals surface area contributed by atoms with Gasteiger partial charge in [0.05, 0.1) is 17.6 Å². The van der Waals surface area contributed by atoms with Crippen molar-refractivity contribution in [1.82, 2.24) is 30.4 Å². The molecule has 0 saturated carbocycles. The van der Waals surface area contributed by atoms with Crippen molar-refractivity contribution in [1.29, 1.82) is 0 Å². The zero-order valence-corrected chi connectivity index (χ0v) is 14.7. The standard InChI is InChI=1S/C18H20N8O/c19-14-3-6-16(21-11-14)26(18-22-12-23-24-18)15-4-1-13(2-5-15)17(27)25-9-7-20-8-10-25/h1-6,11-12,20H,7-10,19H2,(H,22,23,24). The van der Waals surface area contributed by atoms with Gasteiger partial charge in [0.15, 0.2) is 0 Å². The highest BCUT2D eigenvalue weighted by molar-refractivity contribution is 5.95. The van der Waals surface area contributed by atoms with Gasteiger partial charge >= 0.3 is 0 Å². The van der Waals surface area contributed by atoms with Crippen LogP contribution < -0.4 is 16.0 Å². The molecule has 27 heavy (non-hydrogen) atoms. The van der Waals surface area contributed by atoms with Gasteiger partial charge in [-0.2, -0.15) is 10.1 Å². The Balaban J connectivity index is 1.63. The van der Waals surface area contributed by atoms with E-state index in [-0.39, 0.29) is 5.91 Å². The molecule has 1 aliphatic rings. The topological polar surface area (TPSA) is 116 Å². The van der Waals surface area contributed by atoms with Gasteiger partial charge in [0.2, 0.25) is 5.95 Å². The third-order valence-electron chi connectivity index (χ3n) is 4.39. The maximum atomic E-state index is 12.6. The number of pyridine rings is 1. The number of anilines is 4. The van der Waals surface area contributed by atoms with E-state index in [4.69, 9.17) is 5.73 Å². The zero-order valence-electron chi connectivity index (χ0n) is 14.7. The second-order valence-electron chi connectivity index (χ2n) is 6.18. The van der Waals surface area contributed by atoms with E-state index in [2.05, 4.69) is 25.5 Å². The average molecular weight is 364 g/mol. The normalized spacial score (nSPS) is 14.1. The number of H-pyrrole nitrogens is 1. The van der Waals surface area contributed by atoms with Crippen molar-refractivity contribution in [2.75, 3.05) is 36.8 Å². The Hall–Kier alpha value is -3.46. The molecule has 4 N–H and O–H groups in total. The third kappa shape index (κ3) is 3.58. The van der Waals surface area contributed by atoms with E-state index >= 15 is 0 Å². The smallest absolute Gasteiger partial charge is 0.253 e. The number of nitrogens with one attached hydrogen (secondary N) is 2. The minimum Gasteiger partial charge on any atom is -0.397 e. The summed E-state index contributed by atoms with van der Waals surface area (Å²) in [5, 5.41) is 10.0. The van der Waals surface area contributed by atoms with Gasteiger partial charge in [0.25, 0.3) is 5.91 Å².